The van der Waals surface area contributed by atoms with Crippen molar-refractivity contribution in [2.45, 2.75) is 19.5 Å². The Bertz CT molecular complexity index is 748. The number of benzene rings is 1. The first-order valence-corrected chi connectivity index (χ1v) is 7.79. The molecule has 0 spiro atoms. The number of carbonyl (C=O) groups excluding carboxylic acids is 1. The molecule has 1 amide bonds. The smallest absolute Gasteiger partial charge is 0.274 e. The first kappa shape index (κ1) is 18.2. The van der Waals surface area contributed by atoms with Crippen molar-refractivity contribution < 1.29 is 4.79 Å². The number of halogens is 1. The normalized spacial score (nSPS) is 17.2. The zero-order chi connectivity index (χ0) is 16.2. The largest absolute Gasteiger partial charge is 0.332 e. The Morgan fingerprint density at radius 3 is 2.71 bits per heavy atom. The minimum atomic E-state index is -0.209. The molecule has 6 nitrogen and oxygen atoms in total. The molecule has 0 saturated carbocycles. The molecule has 0 aliphatic carbocycles. The van der Waals surface area contributed by atoms with Crippen molar-refractivity contribution in [3.63, 3.8) is 0 Å². The van der Waals surface area contributed by atoms with Crippen LogP contribution >= 0.6 is 12.4 Å². The average Bonchev–Trinajstić information content (AvgIpc) is 2.58. The van der Waals surface area contributed by atoms with Crippen LogP contribution in [0.1, 0.15) is 23.0 Å². The molecule has 0 radical (unpaired) electrons. The lowest BCUT2D eigenvalue weighted by Gasteiger charge is -2.33. The number of nitrogens with one attached hydrogen (secondary N) is 1. The number of hydrogen-bond acceptors (Lipinski definition) is 4. The minimum Gasteiger partial charge on any atom is -0.332 e. The van der Waals surface area contributed by atoms with Gasteiger partial charge in [-0.15, -0.1) is 12.4 Å². The zero-order valence-corrected chi connectivity index (χ0v) is 14.3. The highest BCUT2D eigenvalue weighted by Crippen LogP contribution is 2.08. The molecule has 24 heavy (non-hydrogen) atoms. The summed E-state index contributed by atoms with van der Waals surface area (Å²) >= 11 is 0. The van der Waals surface area contributed by atoms with Gasteiger partial charge in [-0.1, -0.05) is 30.3 Å². The summed E-state index contributed by atoms with van der Waals surface area (Å²) in [6.45, 7) is 4.57. The summed E-state index contributed by atoms with van der Waals surface area (Å²) < 4.78 is 1.34. The molecule has 2 aromatic rings. The third-order valence-corrected chi connectivity index (χ3v) is 4.02. The third kappa shape index (κ3) is 4.01. The molecule has 2 heterocycles. The van der Waals surface area contributed by atoms with Crippen LogP contribution in [0, 0.1) is 0 Å². The lowest BCUT2D eigenvalue weighted by Crippen LogP contribution is -2.52. The molecule has 1 atom stereocenters. The first-order valence-electron chi connectivity index (χ1n) is 7.79. The highest BCUT2D eigenvalue weighted by molar-refractivity contribution is 5.92. The molecule has 1 aromatic carbocycles. The van der Waals surface area contributed by atoms with Gasteiger partial charge in [0, 0.05) is 31.7 Å². The van der Waals surface area contributed by atoms with Crippen molar-refractivity contribution in [3.05, 3.63) is 64.1 Å². The number of piperazine rings is 1. The fraction of sp³-hybridized carbons (Fsp3) is 0.353. The monoisotopic (exact) mass is 348 g/mol. The fourth-order valence-corrected chi connectivity index (χ4v) is 2.72. The highest BCUT2D eigenvalue weighted by Gasteiger charge is 2.25. The number of amides is 1. The van der Waals surface area contributed by atoms with Gasteiger partial charge in [0.05, 0.1) is 6.54 Å². The minimum absolute atomic E-state index is 0. The molecule has 1 aromatic heterocycles. The summed E-state index contributed by atoms with van der Waals surface area (Å²) in [6.07, 6.45) is 0. The maximum absolute atomic E-state index is 12.6. The Kier molecular flexibility index (Phi) is 6.11. The molecule has 1 aliphatic rings. The SMILES string of the molecule is C[C@H]1CNCCN1C(=O)c1ccc(=O)n(Cc2ccccc2)n1.Cl. The summed E-state index contributed by atoms with van der Waals surface area (Å²) in [5.41, 5.74) is 1.08. The topological polar surface area (TPSA) is 67.2 Å². The van der Waals surface area contributed by atoms with Gasteiger partial charge in [-0.2, -0.15) is 5.10 Å². The molecular formula is C17H21ClN4O2. The highest BCUT2D eigenvalue weighted by atomic mass is 35.5. The van der Waals surface area contributed by atoms with Crippen molar-refractivity contribution in [2.75, 3.05) is 19.6 Å². The molecule has 7 heteroatoms. The van der Waals surface area contributed by atoms with Crippen LogP contribution in [0.5, 0.6) is 0 Å². The second-order valence-corrected chi connectivity index (χ2v) is 5.75. The van der Waals surface area contributed by atoms with Crippen LogP contribution < -0.4 is 10.9 Å². The van der Waals surface area contributed by atoms with E-state index in [0.29, 0.717) is 18.8 Å². The van der Waals surface area contributed by atoms with Gasteiger partial charge in [-0.05, 0) is 18.6 Å². The van der Waals surface area contributed by atoms with Gasteiger partial charge in [-0.3, -0.25) is 9.59 Å². The second kappa shape index (κ2) is 8.08. The third-order valence-electron chi connectivity index (χ3n) is 4.02. The van der Waals surface area contributed by atoms with Crippen LogP contribution in [0.2, 0.25) is 0 Å². The van der Waals surface area contributed by atoms with E-state index >= 15 is 0 Å². The Labute approximate surface area is 146 Å². The van der Waals surface area contributed by atoms with Gasteiger partial charge in [0.2, 0.25) is 0 Å². The maximum atomic E-state index is 12.6. The number of nitrogens with zero attached hydrogens (tertiary/aromatic N) is 3. The van der Waals surface area contributed by atoms with Crippen LogP contribution in [0.3, 0.4) is 0 Å². The summed E-state index contributed by atoms with van der Waals surface area (Å²) in [5.74, 6) is -0.124. The summed E-state index contributed by atoms with van der Waals surface area (Å²) in [7, 11) is 0. The Morgan fingerprint density at radius 2 is 2.00 bits per heavy atom. The maximum Gasteiger partial charge on any atom is 0.274 e. The van der Waals surface area contributed by atoms with Crippen LogP contribution in [0.4, 0.5) is 0 Å². The zero-order valence-electron chi connectivity index (χ0n) is 13.5. The predicted molar refractivity (Wildman–Crippen MR) is 94.7 cm³/mol. The van der Waals surface area contributed by atoms with E-state index < -0.39 is 0 Å². The number of aromatic nitrogens is 2. The molecule has 1 aliphatic heterocycles. The van der Waals surface area contributed by atoms with Crippen molar-refractivity contribution >= 4 is 18.3 Å². The van der Waals surface area contributed by atoms with Crippen molar-refractivity contribution in [1.29, 1.82) is 0 Å². The van der Waals surface area contributed by atoms with E-state index in [1.807, 2.05) is 37.3 Å². The molecule has 0 bridgehead atoms. The van der Waals surface area contributed by atoms with E-state index in [2.05, 4.69) is 10.4 Å². The Morgan fingerprint density at radius 1 is 1.25 bits per heavy atom. The molecule has 1 N–H and O–H groups in total. The predicted octanol–water partition coefficient (Wildman–Crippen LogP) is 1.15. The van der Waals surface area contributed by atoms with Crippen LogP contribution in [0.15, 0.2) is 47.3 Å². The van der Waals surface area contributed by atoms with Crippen LogP contribution in [-0.4, -0.2) is 46.3 Å². The van der Waals surface area contributed by atoms with E-state index in [1.165, 1.54) is 16.8 Å². The van der Waals surface area contributed by atoms with Gasteiger partial charge >= 0.3 is 0 Å². The quantitative estimate of drug-likeness (QED) is 0.903. The number of rotatable bonds is 3. The van der Waals surface area contributed by atoms with E-state index in [0.717, 1.165) is 18.7 Å². The van der Waals surface area contributed by atoms with Crippen molar-refractivity contribution in [3.8, 4) is 0 Å². The van der Waals surface area contributed by atoms with E-state index in [9.17, 15) is 9.59 Å². The first-order chi connectivity index (χ1) is 11.1. The number of carbonyl (C=O) groups is 1. The van der Waals surface area contributed by atoms with E-state index in [4.69, 9.17) is 0 Å². The summed E-state index contributed by atoms with van der Waals surface area (Å²) in [5, 5.41) is 7.52. The summed E-state index contributed by atoms with van der Waals surface area (Å²) in [4.78, 5) is 26.5. The Balaban J connectivity index is 0.00000208. The van der Waals surface area contributed by atoms with Crippen molar-refractivity contribution in [1.82, 2.24) is 20.0 Å². The molecule has 128 valence electrons. The van der Waals surface area contributed by atoms with Gasteiger partial charge in [-0.25, -0.2) is 4.68 Å². The summed E-state index contributed by atoms with van der Waals surface area (Å²) in [6, 6.07) is 12.7. The average molecular weight is 349 g/mol. The number of hydrogen-bond donors (Lipinski definition) is 1. The standard InChI is InChI=1S/C17H20N4O2.ClH/c1-13-11-18-9-10-20(13)17(23)15-7-8-16(22)21(19-15)12-14-5-3-2-4-6-14;/h2-8,13,18H,9-12H2,1H3;1H/t13-;/m0./s1. The van der Waals surface area contributed by atoms with Gasteiger partial charge in [0.1, 0.15) is 5.69 Å². The molecule has 1 saturated heterocycles. The van der Waals surface area contributed by atoms with Gasteiger partial charge in [0.25, 0.3) is 11.5 Å². The van der Waals surface area contributed by atoms with Gasteiger partial charge in [0.15, 0.2) is 0 Å². The lowest BCUT2D eigenvalue weighted by atomic mass is 10.2. The van der Waals surface area contributed by atoms with Crippen LogP contribution in [0.25, 0.3) is 0 Å². The molecule has 3 rings (SSSR count). The molecule has 0 unspecified atom stereocenters. The Hall–Kier alpha value is -2.18. The molecular weight excluding hydrogens is 328 g/mol. The lowest BCUT2D eigenvalue weighted by molar-refractivity contribution is 0.0647. The fourth-order valence-electron chi connectivity index (χ4n) is 2.72. The van der Waals surface area contributed by atoms with E-state index in [-0.39, 0.29) is 29.9 Å². The van der Waals surface area contributed by atoms with E-state index in [1.54, 1.807) is 4.90 Å². The van der Waals surface area contributed by atoms with Gasteiger partial charge < -0.3 is 10.2 Å². The second-order valence-electron chi connectivity index (χ2n) is 5.75. The molecule has 1 fully saturated rings. The van der Waals surface area contributed by atoms with Crippen molar-refractivity contribution in [2.24, 2.45) is 0 Å². The van der Waals surface area contributed by atoms with Crippen LogP contribution in [-0.2, 0) is 6.54 Å².